The molecular formula is C16H21F3N4O. The number of nitrogens with zero attached hydrogens (tertiary/aromatic N) is 3. The molecule has 1 aromatic heterocycles. The largest absolute Gasteiger partial charge is 0.497 e. The molecule has 1 aromatic carbocycles. The molecule has 0 unspecified atom stereocenters. The topological polar surface area (TPSA) is 50.3 Å². The van der Waals surface area contributed by atoms with Crippen LogP contribution in [0.5, 0.6) is 5.75 Å². The molecule has 2 aromatic rings. The van der Waals surface area contributed by atoms with Crippen molar-refractivity contribution < 1.29 is 17.9 Å². The van der Waals surface area contributed by atoms with E-state index in [0.717, 1.165) is 19.6 Å². The predicted octanol–water partition coefficient (Wildman–Crippen LogP) is 3.41. The molecule has 1 heterocycles. The number of alkyl halides is 3. The Hall–Kier alpha value is -2.09. The monoisotopic (exact) mass is 342 g/mol. The summed E-state index contributed by atoms with van der Waals surface area (Å²) in [6.45, 7) is 7.06. The summed E-state index contributed by atoms with van der Waals surface area (Å²) in [7, 11) is 1.45. The van der Waals surface area contributed by atoms with Crippen molar-refractivity contribution in [3.05, 3.63) is 24.0 Å². The molecule has 0 aliphatic rings. The van der Waals surface area contributed by atoms with Gasteiger partial charge in [-0.25, -0.2) is 9.97 Å². The average molecular weight is 342 g/mol. The highest BCUT2D eigenvalue weighted by Crippen LogP contribution is 2.31. The van der Waals surface area contributed by atoms with E-state index >= 15 is 0 Å². The summed E-state index contributed by atoms with van der Waals surface area (Å²) >= 11 is 0. The van der Waals surface area contributed by atoms with Gasteiger partial charge in [0.1, 0.15) is 11.6 Å². The number of halogens is 3. The first-order valence-corrected chi connectivity index (χ1v) is 7.78. The normalized spacial score (nSPS) is 12.0. The molecule has 5 nitrogen and oxygen atoms in total. The third-order valence-electron chi connectivity index (χ3n) is 3.77. The van der Waals surface area contributed by atoms with Gasteiger partial charge in [0.25, 0.3) is 0 Å². The number of fused-ring (bicyclic) bond motifs is 1. The van der Waals surface area contributed by atoms with Gasteiger partial charge in [0.05, 0.1) is 12.6 Å². The number of nitrogens with one attached hydrogen (secondary N) is 1. The van der Waals surface area contributed by atoms with E-state index in [4.69, 9.17) is 4.74 Å². The number of methoxy groups -OCH3 is 1. The number of hydrogen-bond acceptors (Lipinski definition) is 5. The highest BCUT2D eigenvalue weighted by Gasteiger charge is 2.35. The standard InChI is InChI=1S/C16H21F3N4O/c1-4-23(5-2)9-8-20-14-12-7-6-11(24-3)10-13(12)21-15(22-14)16(17,18)19/h6-7,10H,4-5,8-9H2,1-3H3,(H,20,21,22). The molecule has 24 heavy (non-hydrogen) atoms. The minimum absolute atomic E-state index is 0.183. The van der Waals surface area contributed by atoms with Crippen molar-refractivity contribution in [3.8, 4) is 5.75 Å². The van der Waals surface area contributed by atoms with Crippen molar-refractivity contribution in [1.82, 2.24) is 14.9 Å². The van der Waals surface area contributed by atoms with Crippen molar-refractivity contribution in [3.63, 3.8) is 0 Å². The fourth-order valence-electron chi connectivity index (χ4n) is 2.37. The fourth-order valence-corrected chi connectivity index (χ4v) is 2.37. The highest BCUT2D eigenvalue weighted by atomic mass is 19.4. The van der Waals surface area contributed by atoms with Gasteiger partial charge in [0.15, 0.2) is 0 Å². The lowest BCUT2D eigenvalue weighted by atomic mass is 10.2. The van der Waals surface area contributed by atoms with Gasteiger partial charge >= 0.3 is 6.18 Å². The molecule has 1 N–H and O–H groups in total. The summed E-state index contributed by atoms with van der Waals surface area (Å²) in [4.78, 5) is 9.47. The first-order chi connectivity index (χ1) is 11.4. The molecule has 8 heteroatoms. The van der Waals surface area contributed by atoms with E-state index in [1.165, 1.54) is 13.2 Å². The maximum Gasteiger partial charge on any atom is 0.451 e. The maximum absolute atomic E-state index is 13.0. The Labute approximate surface area is 138 Å². The SMILES string of the molecule is CCN(CC)CCNc1nc(C(F)(F)F)nc2cc(OC)ccc12. The number of benzene rings is 1. The van der Waals surface area contributed by atoms with Crippen LogP contribution in [0.3, 0.4) is 0 Å². The minimum atomic E-state index is -4.60. The molecule has 2 rings (SSSR count). The highest BCUT2D eigenvalue weighted by molar-refractivity contribution is 5.90. The smallest absolute Gasteiger partial charge is 0.451 e. The zero-order chi connectivity index (χ0) is 17.7. The number of rotatable bonds is 7. The molecule has 0 aliphatic carbocycles. The third kappa shape index (κ3) is 4.25. The zero-order valence-corrected chi connectivity index (χ0v) is 13.9. The third-order valence-corrected chi connectivity index (χ3v) is 3.77. The van der Waals surface area contributed by atoms with Crippen molar-refractivity contribution in [2.24, 2.45) is 0 Å². The van der Waals surface area contributed by atoms with E-state index in [1.54, 1.807) is 12.1 Å². The first-order valence-electron chi connectivity index (χ1n) is 7.78. The van der Waals surface area contributed by atoms with Gasteiger partial charge in [-0.05, 0) is 25.2 Å². The van der Waals surface area contributed by atoms with E-state index in [0.29, 0.717) is 17.7 Å². The quantitative estimate of drug-likeness (QED) is 0.836. The molecule has 0 fully saturated rings. The van der Waals surface area contributed by atoms with Gasteiger partial charge in [0.2, 0.25) is 5.82 Å². The van der Waals surface area contributed by atoms with Crippen LogP contribution in [0.1, 0.15) is 19.7 Å². The summed E-state index contributed by atoms with van der Waals surface area (Å²) in [6, 6.07) is 4.81. The summed E-state index contributed by atoms with van der Waals surface area (Å²) in [6.07, 6.45) is -4.60. The van der Waals surface area contributed by atoms with Crippen LogP contribution in [-0.4, -0.2) is 48.2 Å². The summed E-state index contributed by atoms with van der Waals surface area (Å²) < 4.78 is 44.2. The molecule has 0 atom stereocenters. The summed E-state index contributed by atoms with van der Waals surface area (Å²) in [5, 5.41) is 3.53. The van der Waals surface area contributed by atoms with Crippen molar-refractivity contribution in [1.29, 1.82) is 0 Å². The van der Waals surface area contributed by atoms with Gasteiger partial charge in [-0.15, -0.1) is 0 Å². The Balaban J connectivity index is 2.35. The molecule has 0 spiro atoms. The number of aromatic nitrogens is 2. The van der Waals surface area contributed by atoms with Crippen molar-refractivity contribution >= 4 is 16.7 Å². The Kier molecular flexibility index (Phi) is 5.82. The van der Waals surface area contributed by atoms with Crippen LogP contribution in [0.4, 0.5) is 19.0 Å². The lowest BCUT2D eigenvalue weighted by molar-refractivity contribution is -0.144. The molecular weight excluding hydrogens is 321 g/mol. The van der Waals surface area contributed by atoms with E-state index in [2.05, 4.69) is 20.2 Å². The van der Waals surface area contributed by atoms with Crippen LogP contribution in [0.15, 0.2) is 18.2 Å². The zero-order valence-electron chi connectivity index (χ0n) is 13.9. The van der Waals surface area contributed by atoms with Crippen LogP contribution in [0.25, 0.3) is 10.9 Å². The number of hydrogen-bond donors (Lipinski definition) is 1. The molecule has 0 aliphatic heterocycles. The number of likely N-dealkylation sites (N-methyl/N-ethyl adjacent to an activating group) is 1. The maximum atomic E-state index is 13.0. The van der Waals surface area contributed by atoms with Gasteiger partial charge in [-0.1, -0.05) is 13.8 Å². The van der Waals surface area contributed by atoms with Crippen LogP contribution in [0, 0.1) is 0 Å². The second-order valence-electron chi connectivity index (χ2n) is 5.23. The molecule has 0 radical (unpaired) electrons. The second kappa shape index (κ2) is 7.65. The minimum Gasteiger partial charge on any atom is -0.497 e. The van der Waals surface area contributed by atoms with Gasteiger partial charge in [-0.3, -0.25) is 0 Å². The first kappa shape index (κ1) is 18.3. The molecule has 0 amide bonds. The van der Waals surface area contributed by atoms with Crippen molar-refractivity contribution in [2.45, 2.75) is 20.0 Å². The second-order valence-corrected chi connectivity index (χ2v) is 5.23. The average Bonchev–Trinajstić information content (AvgIpc) is 2.57. The van der Waals surface area contributed by atoms with Crippen LogP contribution < -0.4 is 10.1 Å². The van der Waals surface area contributed by atoms with Crippen LogP contribution in [-0.2, 0) is 6.18 Å². The van der Waals surface area contributed by atoms with Gasteiger partial charge in [0, 0.05) is 24.5 Å². The van der Waals surface area contributed by atoms with E-state index in [1.807, 2.05) is 13.8 Å². The van der Waals surface area contributed by atoms with Crippen LogP contribution >= 0.6 is 0 Å². The molecule has 132 valence electrons. The lowest BCUT2D eigenvalue weighted by Crippen LogP contribution is -2.29. The van der Waals surface area contributed by atoms with Gasteiger partial charge < -0.3 is 15.0 Å². The Morgan fingerprint density at radius 3 is 2.46 bits per heavy atom. The van der Waals surface area contributed by atoms with Gasteiger partial charge in [-0.2, -0.15) is 13.2 Å². The van der Waals surface area contributed by atoms with E-state index < -0.39 is 12.0 Å². The summed E-state index contributed by atoms with van der Waals surface area (Å²) in [5.74, 6) is -0.529. The van der Waals surface area contributed by atoms with E-state index in [-0.39, 0.29) is 11.3 Å². The lowest BCUT2D eigenvalue weighted by Gasteiger charge is -2.19. The van der Waals surface area contributed by atoms with Crippen LogP contribution in [0.2, 0.25) is 0 Å². The Morgan fingerprint density at radius 1 is 1.17 bits per heavy atom. The molecule has 0 saturated heterocycles. The molecule has 0 saturated carbocycles. The predicted molar refractivity (Wildman–Crippen MR) is 87.4 cm³/mol. The number of anilines is 1. The fraction of sp³-hybridized carbons (Fsp3) is 0.500. The van der Waals surface area contributed by atoms with E-state index in [9.17, 15) is 13.2 Å². The summed E-state index contributed by atoms with van der Waals surface area (Å²) in [5.41, 5.74) is 0.196. The Morgan fingerprint density at radius 2 is 1.88 bits per heavy atom. The van der Waals surface area contributed by atoms with Crippen molar-refractivity contribution in [2.75, 3.05) is 38.6 Å². The Bertz CT molecular complexity index is 687. The number of ether oxygens (including phenoxy) is 1. The molecule has 0 bridgehead atoms.